The van der Waals surface area contributed by atoms with Gasteiger partial charge in [0.15, 0.2) is 0 Å². The highest BCUT2D eigenvalue weighted by Gasteiger charge is 2.19. The normalized spacial score (nSPS) is 20.9. The van der Waals surface area contributed by atoms with Gasteiger partial charge in [-0.05, 0) is 36.5 Å². The van der Waals surface area contributed by atoms with E-state index >= 15 is 0 Å². The number of hydrogen-bond acceptors (Lipinski definition) is 2. The van der Waals surface area contributed by atoms with E-state index in [4.69, 9.17) is 0 Å². The summed E-state index contributed by atoms with van der Waals surface area (Å²) in [6, 6.07) is 7.51. The Morgan fingerprint density at radius 3 is 2.74 bits per heavy atom. The van der Waals surface area contributed by atoms with E-state index in [1.54, 1.807) is 12.1 Å². The van der Waals surface area contributed by atoms with Crippen molar-refractivity contribution in [3.05, 3.63) is 35.6 Å². The molecule has 0 amide bonds. The van der Waals surface area contributed by atoms with Crippen LogP contribution in [0.1, 0.15) is 25.8 Å². The summed E-state index contributed by atoms with van der Waals surface area (Å²) in [6.07, 6.45) is 2.25. The van der Waals surface area contributed by atoms with Crippen LogP contribution in [0.25, 0.3) is 0 Å². The minimum absolute atomic E-state index is 0.150. The maximum absolute atomic E-state index is 12.8. The molecule has 1 aromatic carbocycles. The number of piperazine rings is 1. The molecule has 1 N–H and O–H groups in total. The topological polar surface area (TPSA) is 15.3 Å². The maximum Gasteiger partial charge on any atom is 0.123 e. The Morgan fingerprint density at radius 1 is 1.32 bits per heavy atom. The summed E-state index contributed by atoms with van der Waals surface area (Å²) in [4.78, 5) is 2.52. The molecule has 1 aromatic rings. The zero-order chi connectivity index (χ0) is 13.7. The number of halogens is 1. The summed E-state index contributed by atoms with van der Waals surface area (Å²) < 4.78 is 12.8. The second-order valence-corrected chi connectivity index (χ2v) is 5.96. The largest absolute Gasteiger partial charge is 0.311 e. The zero-order valence-electron chi connectivity index (χ0n) is 12.0. The van der Waals surface area contributed by atoms with Crippen LogP contribution in [0.5, 0.6) is 0 Å². The monoisotopic (exact) mass is 264 g/mol. The van der Waals surface area contributed by atoms with Crippen molar-refractivity contribution >= 4 is 0 Å². The molecule has 1 fully saturated rings. The van der Waals surface area contributed by atoms with Gasteiger partial charge in [-0.3, -0.25) is 0 Å². The summed E-state index contributed by atoms with van der Waals surface area (Å²) >= 11 is 0. The summed E-state index contributed by atoms with van der Waals surface area (Å²) in [5.74, 6) is 0.595. The second-order valence-electron chi connectivity index (χ2n) is 5.96. The lowest BCUT2D eigenvalue weighted by atomic mass is 10.0. The van der Waals surface area contributed by atoms with E-state index in [0.29, 0.717) is 6.04 Å². The Bertz CT molecular complexity index is 375. The van der Waals surface area contributed by atoms with Crippen molar-refractivity contribution in [3.8, 4) is 0 Å². The van der Waals surface area contributed by atoms with Crippen LogP contribution in [-0.2, 0) is 6.42 Å². The second kappa shape index (κ2) is 7.01. The molecule has 0 spiro atoms. The zero-order valence-corrected chi connectivity index (χ0v) is 12.0. The number of benzene rings is 1. The van der Waals surface area contributed by atoms with Crippen molar-refractivity contribution in [1.82, 2.24) is 10.2 Å². The summed E-state index contributed by atoms with van der Waals surface area (Å²) in [5.41, 5.74) is 1.22. The lowest BCUT2D eigenvalue weighted by Crippen LogP contribution is -2.51. The third-order valence-corrected chi connectivity index (χ3v) is 3.73. The minimum atomic E-state index is -0.150. The number of rotatable bonds is 5. The molecule has 0 radical (unpaired) electrons. The lowest BCUT2D eigenvalue weighted by Gasteiger charge is -2.34. The molecule has 1 heterocycles. The van der Waals surface area contributed by atoms with Crippen LogP contribution in [-0.4, -0.2) is 37.1 Å². The first-order valence-corrected chi connectivity index (χ1v) is 7.33. The van der Waals surface area contributed by atoms with Gasteiger partial charge >= 0.3 is 0 Å². The van der Waals surface area contributed by atoms with E-state index in [1.165, 1.54) is 12.0 Å². The molecule has 106 valence electrons. The third kappa shape index (κ3) is 4.92. The molecule has 19 heavy (non-hydrogen) atoms. The molecular weight excluding hydrogens is 239 g/mol. The highest BCUT2D eigenvalue weighted by Crippen LogP contribution is 2.11. The highest BCUT2D eigenvalue weighted by atomic mass is 19.1. The Kier molecular flexibility index (Phi) is 5.34. The lowest BCUT2D eigenvalue weighted by molar-refractivity contribution is 0.188. The molecule has 2 nitrogen and oxygen atoms in total. The number of nitrogens with zero attached hydrogens (tertiary/aromatic N) is 1. The molecule has 1 aliphatic rings. The van der Waals surface area contributed by atoms with Crippen LogP contribution in [0.4, 0.5) is 4.39 Å². The van der Waals surface area contributed by atoms with Crippen LogP contribution >= 0.6 is 0 Å². The van der Waals surface area contributed by atoms with Crippen LogP contribution in [0.2, 0.25) is 0 Å². The fourth-order valence-electron chi connectivity index (χ4n) is 2.76. The van der Waals surface area contributed by atoms with Crippen LogP contribution in [0.3, 0.4) is 0 Å². The van der Waals surface area contributed by atoms with Gasteiger partial charge < -0.3 is 10.2 Å². The van der Waals surface area contributed by atoms with Crippen molar-refractivity contribution < 1.29 is 4.39 Å². The van der Waals surface area contributed by atoms with Crippen LogP contribution < -0.4 is 5.32 Å². The van der Waals surface area contributed by atoms with Crippen molar-refractivity contribution in [1.29, 1.82) is 0 Å². The fraction of sp³-hybridized carbons (Fsp3) is 0.625. The van der Waals surface area contributed by atoms with E-state index in [-0.39, 0.29) is 5.82 Å². The molecule has 3 heteroatoms. The van der Waals surface area contributed by atoms with Gasteiger partial charge in [0.25, 0.3) is 0 Å². The van der Waals surface area contributed by atoms with Gasteiger partial charge in [-0.2, -0.15) is 0 Å². The molecule has 0 bridgehead atoms. The quantitative estimate of drug-likeness (QED) is 0.879. The molecular formula is C16H25FN2. The molecule has 1 unspecified atom stereocenters. The van der Waals surface area contributed by atoms with Crippen molar-refractivity contribution in [2.75, 3.05) is 26.2 Å². The molecule has 1 aliphatic heterocycles. The Labute approximate surface area is 116 Å². The van der Waals surface area contributed by atoms with Crippen molar-refractivity contribution in [2.45, 2.75) is 32.7 Å². The van der Waals surface area contributed by atoms with Gasteiger partial charge in [0.05, 0.1) is 0 Å². The number of nitrogens with one attached hydrogen (secondary N) is 1. The Hall–Kier alpha value is -0.930. The van der Waals surface area contributed by atoms with Gasteiger partial charge in [0, 0.05) is 32.2 Å². The van der Waals surface area contributed by atoms with Gasteiger partial charge in [0.2, 0.25) is 0 Å². The fourth-order valence-corrected chi connectivity index (χ4v) is 2.76. The van der Waals surface area contributed by atoms with E-state index in [2.05, 4.69) is 24.1 Å². The first-order chi connectivity index (χ1) is 9.13. The van der Waals surface area contributed by atoms with E-state index in [9.17, 15) is 4.39 Å². The minimum Gasteiger partial charge on any atom is -0.311 e. The smallest absolute Gasteiger partial charge is 0.123 e. The van der Waals surface area contributed by atoms with Gasteiger partial charge in [-0.25, -0.2) is 4.39 Å². The Balaban J connectivity index is 1.77. The summed E-state index contributed by atoms with van der Waals surface area (Å²) in [5, 5.41) is 3.59. The van der Waals surface area contributed by atoms with E-state index in [0.717, 1.165) is 38.5 Å². The SMILES string of the molecule is CC(C)CC1CN(CCc2ccc(F)cc2)CCN1. The molecule has 0 aromatic heterocycles. The van der Waals surface area contributed by atoms with Crippen molar-refractivity contribution in [3.63, 3.8) is 0 Å². The first-order valence-electron chi connectivity index (χ1n) is 7.33. The van der Waals surface area contributed by atoms with Crippen LogP contribution in [0, 0.1) is 11.7 Å². The molecule has 2 rings (SSSR count). The molecule has 0 saturated carbocycles. The predicted molar refractivity (Wildman–Crippen MR) is 77.8 cm³/mol. The average Bonchev–Trinajstić information content (AvgIpc) is 2.38. The average molecular weight is 264 g/mol. The highest BCUT2D eigenvalue weighted by molar-refractivity contribution is 5.16. The summed E-state index contributed by atoms with van der Waals surface area (Å²) in [6.45, 7) is 8.97. The predicted octanol–water partition coefficient (Wildman–Crippen LogP) is 2.69. The maximum atomic E-state index is 12.8. The third-order valence-electron chi connectivity index (χ3n) is 3.73. The molecule has 1 saturated heterocycles. The van der Waals surface area contributed by atoms with Gasteiger partial charge in [0.1, 0.15) is 5.82 Å². The summed E-state index contributed by atoms with van der Waals surface area (Å²) in [7, 11) is 0. The van der Waals surface area contributed by atoms with Gasteiger partial charge in [-0.1, -0.05) is 26.0 Å². The van der Waals surface area contributed by atoms with Gasteiger partial charge in [-0.15, -0.1) is 0 Å². The number of hydrogen-bond donors (Lipinski definition) is 1. The van der Waals surface area contributed by atoms with E-state index in [1.807, 2.05) is 12.1 Å². The van der Waals surface area contributed by atoms with Crippen molar-refractivity contribution in [2.24, 2.45) is 5.92 Å². The first kappa shape index (κ1) is 14.5. The Morgan fingerprint density at radius 2 is 2.05 bits per heavy atom. The molecule has 1 atom stereocenters. The van der Waals surface area contributed by atoms with E-state index < -0.39 is 0 Å². The molecule has 0 aliphatic carbocycles. The van der Waals surface area contributed by atoms with Crippen LogP contribution in [0.15, 0.2) is 24.3 Å². The standard InChI is InChI=1S/C16H25FN2/c1-13(2)11-16-12-19(10-8-18-16)9-7-14-3-5-15(17)6-4-14/h3-6,13,16,18H,7-12H2,1-2H3.